The molecule has 1 heterocycles. The normalized spacial score (nSPS) is 13.8. The van der Waals surface area contributed by atoms with Crippen LogP contribution in [0.2, 0.25) is 0 Å². The largest absolute Gasteiger partial charge is 0.505 e. The first kappa shape index (κ1) is 23.8. The van der Waals surface area contributed by atoms with Gasteiger partial charge < -0.3 is 20.5 Å². The molecule has 0 radical (unpaired) electrons. The molecule has 0 bridgehead atoms. The molecule has 1 atom stereocenters. The van der Waals surface area contributed by atoms with Crippen molar-refractivity contribution in [3.63, 3.8) is 0 Å². The van der Waals surface area contributed by atoms with E-state index in [4.69, 9.17) is 10.7 Å². The molecule has 162 valence electrons. The van der Waals surface area contributed by atoms with E-state index in [1.807, 2.05) is 19.0 Å². The van der Waals surface area contributed by atoms with E-state index in [2.05, 4.69) is 68.9 Å². The Morgan fingerprint density at radius 2 is 1.93 bits per heavy atom. The number of nitrogens with one attached hydrogen (secondary N) is 1. The first-order valence-corrected chi connectivity index (χ1v) is 10.8. The molecule has 0 aliphatic carbocycles. The summed E-state index contributed by atoms with van der Waals surface area (Å²) in [5.74, 6) is 0.502. The SMILES string of the molecule is C=C(c1cccc(N=C(NS)C(N)=N[C@@H](c2ccc(C)s2)C(C)(C)C)c1O)N(C)C. The quantitative estimate of drug-likeness (QED) is 0.299. The lowest BCUT2D eigenvalue weighted by Crippen LogP contribution is -2.33. The van der Waals surface area contributed by atoms with Crippen LogP contribution in [0.1, 0.15) is 42.1 Å². The van der Waals surface area contributed by atoms with E-state index in [0.29, 0.717) is 16.9 Å². The summed E-state index contributed by atoms with van der Waals surface area (Å²) in [6.07, 6.45) is 0. The van der Waals surface area contributed by atoms with Gasteiger partial charge in [-0.1, -0.05) is 46.2 Å². The molecular weight excluding hydrogens is 414 g/mol. The van der Waals surface area contributed by atoms with Crippen molar-refractivity contribution in [1.29, 1.82) is 0 Å². The van der Waals surface area contributed by atoms with Gasteiger partial charge in [-0.2, -0.15) is 0 Å². The van der Waals surface area contributed by atoms with Gasteiger partial charge in [0.1, 0.15) is 5.69 Å². The van der Waals surface area contributed by atoms with Crippen LogP contribution in [0.15, 0.2) is 46.9 Å². The third-order valence-electron chi connectivity index (χ3n) is 4.57. The molecule has 0 amide bonds. The topological polar surface area (TPSA) is 86.2 Å². The second-order valence-corrected chi connectivity index (χ2v) is 9.86. The number of nitrogens with zero attached hydrogens (tertiary/aromatic N) is 3. The minimum absolute atomic E-state index is 0.0198. The fourth-order valence-corrected chi connectivity index (χ4v) is 4.17. The number of phenols is 1. The third-order valence-corrected chi connectivity index (χ3v) is 5.83. The maximum Gasteiger partial charge on any atom is 0.179 e. The van der Waals surface area contributed by atoms with Crippen LogP contribution >= 0.6 is 24.2 Å². The lowest BCUT2D eigenvalue weighted by Gasteiger charge is -2.27. The van der Waals surface area contributed by atoms with Crippen LogP contribution in [0.25, 0.3) is 5.70 Å². The summed E-state index contributed by atoms with van der Waals surface area (Å²) in [5, 5.41) is 10.7. The summed E-state index contributed by atoms with van der Waals surface area (Å²) in [7, 11) is 3.73. The number of hydrogen-bond donors (Lipinski definition) is 4. The highest BCUT2D eigenvalue weighted by Gasteiger charge is 2.28. The van der Waals surface area contributed by atoms with Gasteiger partial charge in [0.25, 0.3) is 0 Å². The van der Waals surface area contributed by atoms with Crippen molar-refractivity contribution in [3.8, 4) is 5.75 Å². The fraction of sp³-hybridized carbons (Fsp3) is 0.364. The van der Waals surface area contributed by atoms with E-state index in [9.17, 15) is 5.11 Å². The molecule has 1 aromatic heterocycles. The van der Waals surface area contributed by atoms with Gasteiger partial charge in [0, 0.05) is 35.1 Å². The molecule has 6 nitrogen and oxygen atoms in total. The van der Waals surface area contributed by atoms with Gasteiger partial charge in [0.05, 0.1) is 6.04 Å². The monoisotopic (exact) mass is 445 g/mol. The number of para-hydroxylation sites is 1. The summed E-state index contributed by atoms with van der Waals surface area (Å²) < 4.78 is 2.71. The number of amidine groups is 2. The molecule has 0 aliphatic rings. The van der Waals surface area contributed by atoms with Crippen LogP contribution in [0.3, 0.4) is 0 Å². The first-order chi connectivity index (χ1) is 14.0. The van der Waals surface area contributed by atoms with Gasteiger partial charge in [-0.25, -0.2) is 4.99 Å². The fourth-order valence-electron chi connectivity index (χ4n) is 2.84. The average molecular weight is 446 g/mol. The molecule has 30 heavy (non-hydrogen) atoms. The minimum Gasteiger partial charge on any atom is -0.505 e. The van der Waals surface area contributed by atoms with Crippen molar-refractivity contribution in [2.24, 2.45) is 21.1 Å². The maximum atomic E-state index is 10.7. The average Bonchev–Trinajstić information content (AvgIpc) is 3.09. The highest BCUT2D eigenvalue weighted by atomic mass is 32.1. The predicted molar refractivity (Wildman–Crippen MR) is 133 cm³/mol. The van der Waals surface area contributed by atoms with Crippen LogP contribution < -0.4 is 10.5 Å². The predicted octanol–water partition coefficient (Wildman–Crippen LogP) is 4.90. The highest BCUT2D eigenvalue weighted by Crippen LogP contribution is 2.39. The molecule has 2 aromatic rings. The Balaban J connectivity index is 2.49. The van der Waals surface area contributed by atoms with Gasteiger partial charge in [-0.3, -0.25) is 4.99 Å². The van der Waals surface area contributed by atoms with Crippen LogP contribution in [-0.4, -0.2) is 35.8 Å². The van der Waals surface area contributed by atoms with Crippen LogP contribution in [-0.2, 0) is 0 Å². The second kappa shape index (κ2) is 9.57. The summed E-state index contributed by atoms with van der Waals surface area (Å²) in [6, 6.07) is 9.31. The molecule has 0 spiro atoms. The summed E-state index contributed by atoms with van der Waals surface area (Å²) >= 11 is 5.86. The van der Waals surface area contributed by atoms with Crippen molar-refractivity contribution in [3.05, 3.63) is 52.2 Å². The molecule has 8 heteroatoms. The van der Waals surface area contributed by atoms with Gasteiger partial charge in [-0.05, 0) is 36.6 Å². The van der Waals surface area contributed by atoms with Crippen LogP contribution in [0.5, 0.6) is 5.75 Å². The summed E-state index contributed by atoms with van der Waals surface area (Å²) in [5.41, 5.74) is 7.79. The van der Waals surface area contributed by atoms with Crippen molar-refractivity contribution >= 4 is 47.2 Å². The molecule has 0 aliphatic heterocycles. The highest BCUT2D eigenvalue weighted by molar-refractivity contribution is 7.78. The van der Waals surface area contributed by atoms with E-state index in [-0.39, 0.29) is 28.9 Å². The Morgan fingerprint density at radius 1 is 1.27 bits per heavy atom. The van der Waals surface area contributed by atoms with Gasteiger partial charge in [0.2, 0.25) is 0 Å². The number of aromatic hydroxyl groups is 1. The number of aliphatic imine (C=N–C) groups is 2. The number of thiol groups is 1. The van der Waals surface area contributed by atoms with Gasteiger partial charge >= 0.3 is 0 Å². The molecule has 0 unspecified atom stereocenters. The van der Waals surface area contributed by atoms with Crippen LogP contribution in [0, 0.1) is 12.3 Å². The Hall–Kier alpha value is -2.45. The number of aryl methyl sites for hydroxylation is 1. The zero-order valence-corrected chi connectivity index (χ0v) is 20.1. The van der Waals surface area contributed by atoms with Crippen molar-refractivity contribution in [2.75, 3.05) is 14.1 Å². The number of phenolic OH excluding ortho intramolecular Hbond substituents is 1. The third kappa shape index (κ3) is 5.58. The standard InChI is InChI=1S/C22H31N5OS2/c1-13-11-12-17(30-13)19(22(3,4)5)25-20(23)21(26-29)24-16-10-8-9-15(18(16)28)14(2)27(6)7/h8-12,19,28-29H,2H2,1,3-7H3,(H2,23,25)(H,24,26)/t19-/m0/s1. The molecule has 0 fully saturated rings. The van der Waals surface area contributed by atoms with Crippen molar-refractivity contribution in [2.45, 2.75) is 33.7 Å². The number of nitrogens with two attached hydrogens (primary N) is 1. The zero-order valence-electron chi connectivity index (χ0n) is 18.4. The van der Waals surface area contributed by atoms with E-state index in [0.717, 1.165) is 4.88 Å². The zero-order chi connectivity index (χ0) is 22.6. The molecular formula is C22H31N5OS2. The summed E-state index contributed by atoms with van der Waals surface area (Å²) in [4.78, 5) is 13.4. The summed E-state index contributed by atoms with van der Waals surface area (Å²) in [6.45, 7) is 12.4. The number of benzene rings is 1. The molecule has 4 N–H and O–H groups in total. The molecule has 0 saturated heterocycles. The van der Waals surface area contributed by atoms with Crippen LogP contribution in [0.4, 0.5) is 5.69 Å². The Morgan fingerprint density at radius 3 is 2.43 bits per heavy atom. The Bertz CT molecular complexity index is 970. The van der Waals surface area contributed by atoms with Crippen molar-refractivity contribution < 1.29 is 5.11 Å². The molecule has 0 saturated carbocycles. The first-order valence-electron chi connectivity index (χ1n) is 9.53. The number of hydrogen-bond acceptors (Lipinski definition) is 6. The smallest absolute Gasteiger partial charge is 0.179 e. The van der Waals surface area contributed by atoms with E-state index >= 15 is 0 Å². The lowest BCUT2D eigenvalue weighted by atomic mass is 9.86. The van der Waals surface area contributed by atoms with E-state index in [1.165, 1.54) is 4.88 Å². The minimum atomic E-state index is -0.144. The maximum absolute atomic E-state index is 10.7. The van der Waals surface area contributed by atoms with Gasteiger partial charge in [0.15, 0.2) is 17.4 Å². The van der Waals surface area contributed by atoms with E-state index in [1.54, 1.807) is 29.5 Å². The Kier molecular flexibility index (Phi) is 7.60. The molecule has 2 rings (SSSR count). The molecule has 1 aromatic carbocycles. The number of thiophene rings is 1. The lowest BCUT2D eigenvalue weighted by molar-refractivity contribution is 0.333. The Labute approximate surface area is 188 Å². The number of rotatable bonds is 5. The van der Waals surface area contributed by atoms with Gasteiger partial charge in [-0.15, -0.1) is 11.3 Å². The second-order valence-electron chi connectivity index (χ2n) is 8.32. The van der Waals surface area contributed by atoms with Crippen molar-refractivity contribution in [1.82, 2.24) is 9.62 Å². The van der Waals surface area contributed by atoms with E-state index < -0.39 is 0 Å².